The summed E-state index contributed by atoms with van der Waals surface area (Å²) < 4.78 is 5.75. The zero-order chi connectivity index (χ0) is 14.1. The normalized spacial score (nSPS) is 25.9. The number of rotatable bonds is 3. The van der Waals surface area contributed by atoms with Gasteiger partial charge in [0.05, 0.1) is 0 Å². The molecule has 1 fully saturated rings. The first-order valence-corrected chi connectivity index (χ1v) is 7.50. The maximum atomic E-state index is 10.4. The maximum absolute atomic E-state index is 10.4. The monoisotopic (exact) mass is 273 g/mol. The minimum atomic E-state index is -0.542. The van der Waals surface area contributed by atoms with E-state index in [2.05, 4.69) is 18.7 Å². The summed E-state index contributed by atoms with van der Waals surface area (Å²) in [5, 5.41) is 11.5. The molecular weight excluding hydrogens is 250 g/mol. The number of likely N-dealkylation sites (tertiary alicyclic amines) is 1. The SMILES string of the molecule is CC1CC(C)CN(CC(O)c2cc3ccccc3o2)C1. The molecule has 3 atom stereocenters. The zero-order valence-electron chi connectivity index (χ0n) is 12.2. The van der Waals surface area contributed by atoms with Gasteiger partial charge in [0.15, 0.2) is 0 Å². The highest BCUT2D eigenvalue weighted by Crippen LogP contribution is 2.27. The maximum Gasteiger partial charge on any atom is 0.135 e. The van der Waals surface area contributed by atoms with Crippen molar-refractivity contribution in [3.8, 4) is 0 Å². The summed E-state index contributed by atoms with van der Waals surface area (Å²) in [6, 6.07) is 9.85. The third-order valence-corrected chi connectivity index (χ3v) is 4.15. The molecular formula is C17H23NO2. The van der Waals surface area contributed by atoms with E-state index in [0.717, 1.165) is 24.1 Å². The third kappa shape index (κ3) is 2.89. The van der Waals surface area contributed by atoms with E-state index in [-0.39, 0.29) is 0 Å². The lowest BCUT2D eigenvalue weighted by Gasteiger charge is -2.35. The van der Waals surface area contributed by atoms with Gasteiger partial charge in [-0.15, -0.1) is 0 Å². The third-order valence-electron chi connectivity index (χ3n) is 4.15. The number of aliphatic hydroxyl groups excluding tert-OH is 1. The fraction of sp³-hybridized carbons (Fsp3) is 0.529. The predicted octanol–water partition coefficient (Wildman–Crippen LogP) is 3.44. The molecule has 1 N–H and O–H groups in total. The Balaban J connectivity index is 1.70. The molecule has 2 aromatic rings. The van der Waals surface area contributed by atoms with Gasteiger partial charge in [0.25, 0.3) is 0 Å². The molecule has 0 radical (unpaired) electrons. The van der Waals surface area contributed by atoms with Crippen LogP contribution in [0.4, 0.5) is 0 Å². The van der Waals surface area contributed by atoms with Crippen molar-refractivity contribution in [3.63, 3.8) is 0 Å². The number of piperidine rings is 1. The molecule has 108 valence electrons. The van der Waals surface area contributed by atoms with Crippen molar-refractivity contribution in [2.75, 3.05) is 19.6 Å². The van der Waals surface area contributed by atoms with Crippen LogP contribution in [-0.4, -0.2) is 29.6 Å². The summed E-state index contributed by atoms with van der Waals surface area (Å²) in [6.45, 7) is 7.38. The summed E-state index contributed by atoms with van der Waals surface area (Å²) in [5.74, 6) is 2.10. The molecule has 0 aliphatic carbocycles. The Hall–Kier alpha value is -1.32. The van der Waals surface area contributed by atoms with E-state index in [1.807, 2.05) is 30.3 Å². The fourth-order valence-corrected chi connectivity index (χ4v) is 3.44. The Bertz CT molecular complexity index is 534. The number of fused-ring (bicyclic) bond motifs is 1. The van der Waals surface area contributed by atoms with Crippen LogP contribution in [0.25, 0.3) is 11.0 Å². The number of β-amino-alcohol motifs (C(OH)–C–C–N with tert-alkyl or cyclic N) is 1. The summed E-state index contributed by atoms with van der Waals surface area (Å²) in [6.07, 6.45) is 0.747. The number of hydrogen-bond acceptors (Lipinski definition) is 3. The van der Waals surface area contributed by atoms with Gasteiger partial charge in [-0.05, 0) is 30.4 Å². The highest BCUT2D eigenvalue weighted by molar-refractivity contribution is 5.77. The molecule has 3 rings (SSSR count). The van der Waals surface area contributed by atoms with Gasteiger partial charge in [0, 0.05) is 25.0 Å². The van der Waals surface area contributed by atoms with Crippen LogP contribution < -0.4 is 0 Å². The molecule has 2 heterocycles. The van der Waals surface area contributed by atoms with Crippen molar-refractivity contribution < 1.29 is 9.52 Å². The molecule has 1 aliphatic heterocycles. The molecule has 1 aliphatic rings. The Morgan fingerprint density at radius 1 is 1.25 bits per heavy atom. The number of hydrogen-bond donors (Lipinski definition) is 1. The molecule has 1 aromatic carbocycles. The summed E-state index contributed by atoms with van der Waals surface area (Å²) >= 11 is 0. The molecule has 0 saturated carbocycles. The summed E-state index contributed by atoms with van der Waals surface area (Å²) in [7, 11) is 0. The minimum Gasteiger partial charge on any atom is -0.458 e. The van der Waals surface area contributed by atoms with Gasteiger partial charge >= 0.3 is 0 Å². The van der Waals surface area contributed by atoms with Crippen LogP contribution >= 0.6 is 0 Å². The minimum absolute atomic E-state index is 0.542. The molecule has 0 spiro atoms. The summed E-state index contributed by atoms with van der Waals surface area (Å²) in [4.78, 5) is 2.36. The fourth-order valence-electron chi connectivity index (χ4n) is 3.44. The number of aliphatic hydroxyl groups is 1. The first kappa shape index (κ1) is 13.7. The molecule has 3 nitrogen and oxygen atoms in total. The number of nitrogens with zero attached hydrogens (tertiary/aromatic N) is 1. The van der Waals surface area contributed by atoms with Gasteiger partial charge in [-0.1, -0.05) is 32.0 Å². The lowest BCUT2D eigenvalue weighted by atomic mass is 9.91. The molecule has 0 bridgehead atoms. The van der Waals surface area contributed by atoms with Gasteiger partial charge in [-0.2, -0.15) is 0 Å². The Morgan fingerprint density at radius 3 is 2.65 bits per heavy atom. The van der Waals surface area contributed by atoms with Crippen molar-refractivity contribution in [3.05, 3.63) is 36.1 Å². The highest BCUT2D eigenvalue weighted by Gasteiger charge is 2.25. The van der Waals surface area contributed by atoms with Crippen molar-refractivity contribution in [2.24, 2.45) is 11.8 Å². The van der Waals surface area contributed by atoms with Gasteiger partial charge in [-0.25, -0.2) is 0 Å². The molecule has 3 heteroatoms. The first-order chi connectivity index (χ1) is 9.61. The van der Waals surface area contributed by atoms with E-state index in [1.165, 1.54) is 6.42 Å². The molecule has 3 unspecified atom stereocenters. The van der Waals surface area contributed by atoms with E-state index in [1.54, 1.807) is 0 Å². The van der Waals surface area contributed by atoms with Crippen LogP contribution in [0.2, 0.25) is 0 Å². The Morgan fingerprint density at radius 2 is 1.95 bits per heavy atom. The van der Waals surface area contributed by atoms with Crippen LogP contribution in [0.1, 0.15) is 32.1 Å². The lowest BCUT2D eigenvalue weighted by Crippen LogP contribution is -2.40. The van der Waals surface area contributed by atoms with Crippen LogP contribution in [0.15, 0.2) is 34.7 Å². The molecule has 1 saturated heterocycles. The second-order valence-electron chi connectivity index (χ2n) is 6.37. The van der Waals surface area contributed by atoms with Crippen molar-refractivity contribution in [1.82, 2.24) is 4.90 Å². The average molecular weight is 273 g/mol. The number of benzene rings is 1. The van der Waals surface area contributed by atoms with E-state index in [4.69, 9.17) is 4.42 Å². The zero-order valence-corrected chi connectivity index (χ0v) is 12.2. The second kappa shape index (κ2) is 5.58. The summed E-state index contributed by atoms with van der Waals surface area (Å²) in [5.41, 5.74) is 0.849. The van der Waals surface area contributed by atoms with Gasteiger partial charge < -0.3 is 9.52 Å². The smallest absolute Gasteiger partial charge is 0.135 e. The van der Waals surface area contributed by atoms with Crippen LogP contribution in [0.3, 0.4) is 0 Å². The van der Waals surface area contributed by atoms with Gasteiger partial charge in [0.1, 0.15) is 17.4 Å². The molecule has 20 heavy (non-hydrogen) atoms. The molecule has 1 aromatic heterocycles. The van der Waals surface area contributed by atoms with Crippen molar-refractivity contribution in [1.29, 1.82) is 0 Å². The second-order valence-corrected chi connectivity index (χ2v) is 6.37. The molecule has 0 amide bonds. The Labute approximate surface area is 120 Å². The van der Waals surface area contributed by atoms with Gasteiger partial charge in [-0.3, -0.25) is 4.90 Å². The van der Waals surface area contributed by atoms with Crippen LogP contribution in [-0.2, 0) is 0 Å². The van der Waals surface area contributed by atoms with Crippen LogP contribution in [0, 0.1) is 11.8 Å². The lowest BCUT2D eigenvalue weighted by molar-refractivity contribution is 0.0596. The van der Waals surface area contributed by atoms with E-state index in [9.17, 15) is 5.11 Å². The van der Waals surface area contributed by atoms with Crippen molar-refractivity contribution in [2.45, 2.75) is 26.4 Å². The van der Waals surface area contributed by atoms with E-state index in [0.29, 0.717) is 24.1 Å². The number of furan rings is 1. The van der Waals surface area contributed by atoms with E-state index < -0.39 is 6.10 Å². The van der Waals surface area contributed by atoms with E-state index >= 15 is 0 Å². The first-order valence-electron chi connectivity index (χ1n) is 7.50. The standard InChI is InChI=1S/C17H23NO2/c1-12-7-13(2)10-18(9-12)11-15(19)17-8-14-5-3-4-6-16(14)20-17/h3-6,8,12-13,15,19H,7,9-11H2,1-2H3. The number of para-hydroxylation sites is 1. The Kier molecular flexibility index (Phi) is 3.81. The quantitative estimate of drug-likeness (QED) is 0.930. The van der Waals surface area contributed by atoms with Gasteiger partial charge in [0.2, 0.25) is 0 Å². The topological polar surface area (TPSA) is 36.6 Å². The van der Waals surface area contributed by atoms with Crippen LogP contribution in [0.5, 0.6) is 0 Å². The average Bonchev–Trinajstić information content (AvgIpc) is 2.81. The highest BCUT2D eigenvalue weighted by atomic mass is 16.4. The van der Waals surface area contributed by atoms with Crippen molar-refractivity contribution >= 4 is 11.0 Å². The predicted molar refractivity (Wildman–Crippen MR) is 80.6 cm³/mol. The largest absolute Gasteiger partial charge is 0.458 e.